The smallest absolute Gasteiger partial charge is 0.161 e. The minimum Gasteiger partial charge on any atom is -0.493 e. The van der Waals surface area contributed by atoms with Crippen molar-refractivity contribution in [3.8, 4) is 5.75 Å². The van der Waals surface area contributed by atoms with E-state index in [0.717, 1.165) is 11.4 Å². The zero-order valence-corrected chi connectivity index (χ0v) is 13.0. The molecule has 1 aliphatic rings. The lowest BCUT2D eigenvalue weighted by atomic mass is 10.1. The molecular formula is C12H21N3OS2. The minimum absolute atomic E-state index is 0.278. The summed E-state index contributed by atoms with van der Waals surface area (Å²) in [7, 11) is 5.70. The molecule has 2 heterocycles. The second-order valence-electron chi connectivity index (χ2n) is 4.40. The maximum Gasteiger partial charge on any atom is 0.161 e. The highest BCUT2D eigenvalue weighted by atomic mass is 32.2. The molecule has 2 rings (SSSR count). The van der Waals surface area contributed by atoms with Crippen molar-refractivity contribution in [3.05, 3.63) is 11.9 Å². The van der Waals surface area contributed by atoms with Gasteiger partial charge < -0.3 is 10.1 Å². The van der Waals surface area contributed by atoms with E-state index in [4.69, 9.17) is 4.74 Å². The van der Waals surface area contributed by atoms with Crippen LogP contribution in [0.25, 0.3) is 0 Å². The normalized spacial score (nSPS) is 26.0. The second-order valence-corrected chi connectivity index (χ2v) is 7.17. The molecule has 6 heteroatoms. The first-order chi connectivity index (χ1) is 8.69. The first-order valence-electron chi connectivity index (χ1n) is 6.15. The molecule has 102 valence electrons. The number of aromatic nitrogens is 2. The fourth-order valence-electron chi connectivity index (χ4n) is 2.41. The molecule has 0 aromatic carbocycles. The third kappa shape index (κ3) is 2.65. The van der Waals surface area contributed by atoms with Crippen molar-refractivity contribution >= 4 is 23.5 Å². The molecule has 0 saturated carbocycles. The van der Waals surface area contributed by atoms with Gasteiger partial charge in [0.2, 0.25) is 0 Å². The molecule has 4 nitrogen and oxygen atoms in total. The van der Waals surface area contributed by atoms with Crippen molar-refractivity contribution in [2.45, 2.75) is 23.5 Å². The maximum absolute atomic E-state index is 5.44. The summed E-state index contributed by atoms with van der Waals surface area (Å²) in [6.07, 6.45) is 1.80. The monoisotopic (exact) mass is 287 g/mol. The van der Waals surface area contributed by atoms with Crippen molar-refractivity contribution in [2.75, 3.05) is 25.7 Å². The van der Waals surface area contributed by atoms with Gasteiger partial charge in [0.25, 0.3) is 0 Å². The Balaban J connectivity index is 2.29. The van der Waals surface area contributed by atoms with Crippen molar-refractivity contribution in [1.82, 2.24) is 15.1 Å². The summed E-state index contributed by atoms with van der Waals surface area (Å²) in [5, 5.41) is 8.95. The molecule has 1 aliphatic heterocycles. The van der Waals surface area contributed by atoms with Crippen LogP contribution < -0.4 is 10.1 Å². The number of hydrogen-bond acceptors (Lipinski definition) is 5. The molecule has 3 atom stereocenters. The van der Waals surface area contributed by atoms with Crippen LogP contribution in [0.1, 0.15) is 18.7 Å². The van der Waals surface area contributed by atoms with E-state index in [1.807, 2.05) is 18.8 Å². The Kier molecular flexibility index (Phi) is 4.86. The zero-order valence-electron chi connectivity index (χ0n) is 11.3. The highest BCUT2D eigenvalue weighted by Gasteiger charge is 2.34. The highest BCUT2D eigenvalue weighted by Crippen LogP contribution is 2.40. The summed E-state index contributed by atoms with van der Waals surface area (Å²) in [6, 6.07) is 0.278. The molecular weight excluding hydrogens is 266 g/mol. The number of ether oxygens (including phenoxy) is 1. The van der Waals surface area contributed by atoms with Gasteiger partial charge in [-0.05, 0) is 7.05 Å². The predicted molar refractivity (Wildman–Crippen MR) is 79.7 cm³/mol. The first-order valence-corrected chi connectivity index (χ1v) is 8.25. The average molecular weight is 287 g/mol. The van der Waals surface area contributed by atoms with Gasteiger partial charge in [-0.15, -0.1) is 0 Å². The first kappa shape index (κ1) is 14.1. The average Bonchev–Trinajstić information content (AvgIpc) is 2.74. The van der Waals surface area contributed by atoms with E-state index in [-0.39, 0.29) is 6.04 Å². The Morgan fingerprint density at radius 3 is 2.83 bits per heavy atom. The van der Waals surface area contributed by atoms with Gasteiger partial charge in [0.1, 0.15) is 0 Å². The van der Waals surface area contributed by atoms with E-state index in [1.165, 1.54) is 11.5 Å². The van der Waals surface area contributed by atoms with Crippen LogP contribution in [0.5, 0.6) is 5.75 Å². The maximum atomic E-state index is 5.44. The van der Waals surface area contributed by atoms with Gasteiger partial charge in [-0.2, -0.15) is 28.6 Å². The van der Waals surface area contributed by atoms with Crippen LogP contribution in [0, 0.1) is 0 Å². The SMILES string of the molecule is CNC(c1c(OC)cnn1C)C1SCCSC1C. The number of thioether (sulfide) groups is 2. The number of methoxy groups -OCH3 is 1. The van der Waals surface area contributed by atoms with E-state index in [0.29, 0.717) is 10.5 Å². The summed E-state index contributed by atoms with van der Waals surface area (Å²) in [5.74, 6) is 3.35. The molecule has 0 radical (unpaired) electrons. The van der Waals surface area contributed by atoms with Crippen LogP contribution in [-0.2, 0) is 7.05 Å². The Morgan fingerprint density at radius 1 is 1.50 bits per heavy atom. The molecule has 18 heavy (non-hydrogen) atoms. The Hall–Kier alpha value is -0.330. The van der Waals surface area contributed by atoms with Crippen LogP contribution >= 0.6 is 23.5 Å². The number of hydrogen-bond donors (Lipinski definition) is 1. The van der Waals surface area contributed by atoms with Crippen molar-refractivity contribution in [2.24, 2.45) is 7.05 Å². The van der Waals surface area contributed by atoms with Crippen LogP contribution in [0.3, 0.4) is 0 Å². The van der Waals surface area contributed by atoms with E-state index in [2.05, 4.69) is 40.9 Å². The van der Waals surface area contributed by atoms with Gasteiger partial charge in [-0.3, -0.25) is 4.68 Å². The Bertz CT molecular complexity index is 397. The third-order valence-electron chi connectivity index (χ3n) is 3.34. The van der Waals surface area contributed by atoms with Crippen molar-refractivity contribution in [3.63, 3.8) is 0 Å². The lowest BCUT2D eigenvalue weighted by molar-refractivity contribution is 0.395. The lowest BCUT2D eigenvalue weighted by Gasteiger charge is -2.34. The molecule has 1 saturated heterocycles. The summed E-state index contributed by atoms with van der Waals surface area (Å²) < 4.78 is 7.36. The van der Waals surface area contributed by atoms with Gasteiger partial charge in [-0.1, -0.05) is 6.92 Å². The quantitative estimate of drug-likeness (QED) is 0.916. The molecule has 1 aromatic heterocycles. The topological polar surface area (TPSA) is 39.1 Å². The molecule has 1 fully saturated rings. The van der Waals surface area contributed by atoms with Gasteiger partial charge in [-0.25, -0.2) is 0 Å². The predicted octanol–water partition coefficient (Wildman–Crippen LogP) is 1.93. The van der Waals surface area contributed by atoms with E-state index in [9.17, 15) is 0 Å². The third-order valence-corrected chi connectivity index (χ3v) is 6.54. The zero-order chi connectivity index (χ0) is 13.1. The second kappa shape index (κ2) is 6.21. The number of nitrogens with zero attached hydrogens (tertiary/aromatic N) is 2. The van der Waals surface area contributed by atoms with Crippen LogP contribution in [0.15, 0.2) is 6.20 Å². The van der Waals surface area contributed by atoms with Gasteiger partial charge >= 0.3 is 0 Å². The lowest BCUT2D eigenvalue weighted by Crippen LogP contribution is -2.37. The van der Waals surface area contributed by atoms with Gasteiger partial charge in [0, 0.05) is 29.1 Å². The fraction of sp³-hybridized carbons (Fsp3) is 0.750. The van der Waals surface area contributed by atoms with Crippen molar-refractivity contribution < 1.29 is 4.74 Å². The van der Waals surface area contributed by atoms with Crippen molar-refractivity contribution in [1.29, 1.82) is 0 Å². The molecule has 1 N–H and O–H groups in total. The van der Waals surface area contributed by atoms with Crippen LogP contribution in [-0.4, -0.2) is 45.9 Å². The van der Waals surface area contributed by atoms with E-state index in [1.54, 1.807) is 13.3 Å². The van der Waals surface area contributed by atoms with Gasteiger partial charge in [0.05, 0.1) is 25.0 Å². The van der Waals surface area contributed by atoms with E-state index < -0.39 is 0 Å². The van der Waals surface area contributed by atoms with E-state index >= 15 is 0 Å². The standard InChI is InChI=1S/C12H21N3OS2/c1-8-12(18-6-5-17-8)10(13-2)11-9(16-4)7-14-15(11)3/h7-8,10,12-13H,5-6H2,1-4H3. The molecule has 0 spiro atoms. The molecule has 0 aliphatic carbocycles. The van der Waals surface area contributed by atoms with Gasteiger partial charge in [0.15, 0.2) is 5.75 Å². The number of aryl methyl sites for hydroxylation is 1. The molecule has 1 aromatic rings. The van der Waals surface area contributed by atoms with Crippen LogP contribution in [0.4, 0.5) is 0 Å². The minimum atomic E-state index is 0.278. The fourth-order valence-corrected chi connectivity index (χ4v) is 5.37. The Labute approximate surface area is 117 Å². The largest absolute Gasteiger partial charge is 0.493 e. The molecule has 0 amide bonds. The Morgan fingerprint density at radius 2 is 2.22 bits per heavy atom. The molecule has 3 unspecified atom stereocenters. The number of nitrogens with one attached hydrogen (secondary N) is 1. The summed E-state index contributed by atoms with van der Waals surface area (Å²) >= 11 is 4.11. The number of rotatable bonds is 4. The molecule has 0 bridgehead atoms. The summed E-state index contributed by atoms with van der Waals surface area (Å²) in [5.41, 5.74) is 1.15. The summed E-state index contributed by atoms with van der Waals surface area (Å²) in [6.45, 7) is 2.31. The summed E-state index contributed by atoms with van der Waals surface area (Å²) in [4.78, 5) is 0. The van der Waals surface area contributed by atoms with Crippen LogP contribution in [0.2, 0.25) is 0 Å². The highest BCUT2D eigenvalue weighted by molar-refractivity contribution is 8.07.